The Hall–Kier alpha value is -1.17. The number of hydrogen-bond acceptors (Lipinski definition) is 3. The number of ether oxygens (including phenoxy) is 1. The Morgan fingerprint density at radius 2 is 2.09 bits per heavy atom. The van der Waals surface area contributed by atoms with Crippen molar-refractivity contribution in [2.24, 2.45) is 5.41 Å². The van der Waals surface area contributed by atoms with Gasteiger partial charge in [0.1, 0.15) is 5.82 Å². The summed E-state index contributed by atoms with van der Waals surface area (Å²) in [5, 5.41) is 6.18. The Morgan fingerprint density at radius 1 is 1.41 bits per heavy atom. The predicted octanol–water partition coefficient (Wildman–Crippen LogP) is 2.30. The zero-order valence-electron chi connectivity index (χ0n) is 13.1. The van der Waals surface area contributed by atoms with E-state index in [1.165, 1.54) is 6.07 Å². The molecule has 0 aliphatic carbocycles. The van der Waals surface area contributed by atoms with Gasteiger partial charge in [0.05, 0.1) is 12.2 Å². The molecule has 4 nitrogen and oxygen atoms in total. The fourth-order valence-corrected chi connectivity index (χ4v) is 2.81. The van der Waals surface area contributed by atoms with E-state index in [4.69, 9.17) is 4.74 Å². The standard InChI is InChI=1S/C16H23FN2O2.ClH/c1-12-3-4-14(17)13(9-12)15(20)19-10-16(11-21-2)5-7-18-8-6-16;/h3-4,9,18H,5-8,10-11H2,1-2H3,(H,19,20);1H. The normalized spacial score (nSPS) is 16.7. The Bertz CT molecular complexity index is 499. The Labute approximate surface area is 137 Å². The summed E-state index contributed by atoms with van der Waals surface area (Å²) in [5.74, 6) is -0.839. The fourth-order valence-electron chi connectivity index (χ4n) is 2.81. The van der Waals surface area contributed by atoms with Crippen LogP contribution >= 0.6 is 12.4 Å². The summed E-state index contributed by atoms with van der Waals surface area (Å²) in [6, 6.07) is 4.57. The summed E-state index contributed by atoms with van der Waals surface area (Å²) in [6.45, 7) is 4.78. The van der Waals surface area contributed by atoms with Gasteiger partial charge in [-0.15, -0.1) is 12.4 Å². The molecule has 0 radical (unpaired) electrons. The molecule has 1 amide bonds. The molecule has 1 aliphatic heterocycles. The zero-order chi connectivity index (χ0) is 15.3. The number of carbonyl (C=O) groups excluding carboxylic acids is 1. The summed E-state index contributed by atoms with van der Waals surface area (Å²) in [7, 11) is 1.67. The van der Waals surface area contributed by atoms with E-state index in [0.29, 0.717) is 13.2 Å². The fraction of sp³-hybridized carbons (Fsp3) is 0.562. The van der Waals surface area contributed by atoms with Crippen molar-refractivity contribution in [3.05, 3.63) is 35.1 Å². The van der Waals surface area contributed by atoms with Gasteiger partial charge in [-0.25, -0.2) is 4.39 Å². The molecule has 1 heterocycles. The van der Waals surface area contributed by atoms with Gasteiger partial charge in [0.15, 0.2) is 0 Å². The molecular weight excluding hydrogens is 307 g/mol. The molecule has 0 bridgehead atoms. The average Bonchev–Trinajstić information content (AvgIpc) is 2.49. The molecule has 1 saturated heterocycles. The Kier molecular flexibility index (Phi) is 7.26. The maximum atomic E-state index is 13.7. The summed E-state index contributed by atoms with van der Waals surface area (Å²) >= 11 is 0. The van der Waals surface area contributed by atoms with E-state index in [1.807, 2.05) is 6.92 Å². The van der Waals surface area contributed by atoms with Crippen LogP contribution in [0.25, 0.3) is 0 Å². The van der Waals surface area contributed by atoms with Crippen LogP contribution in [0.2, 0.25) is 0 Å². The number of hydrogen-bond donors (Lipinski definition) is 2. The Morgan fingerprint density at radius 3 is 2.73 bits per heavy atom. The van der Waals surface area contributed by atoms with Crippen molar-refractivity contribution in [1.29, 1.82) is 0 Å². The predicted molar refractivity (Wildman–Crippen MR) is 87.1 cm³/mol. The van der Waals surface area contributed by atoms with Crippen LogP contribution in [0, 0.1) is 18.2 Å². The van der Waals surface area contributed by atoms with Crippen LogP contribution in [0.1, 0.15) is 28.8 Å². The smallest absolute Gasteiger partial charge is 0.254 e. The summed E-state index contributed by atoms with van der Waals surface area (Å²) < 4.78 is 19.0. The van der Waals surface area contributed by atoms with Crippen molar-refractivity contribution in [3.63, 3.8) is 0 Å². The van der Waals surface area contributed by atoms with E-state index in [9.17, 15) is 9.18 Å². The molecule has 0 aromatic heterocycles. The van der Waals surface area contributed by atoms with E-state index in [2.05, 4.69) is 10.6 Å². The van der Waals surface area contributed by atoms with E-state index in [0.717, 1.165) is 31.5 Å². The van der Waals surface area contributed by atoms with Crippen LogP contribution in [-0.4, -0.2) is 39.3 Å². The molecule has 22 heavy (non-hydrogen) atoms. The minimum atomic E-state index is -0.482. The van der Waals surface area contributed by atoms with Crippen LogP contribution in [0.4, 0.5) is 4.39 Å². The molecule has 0 unspecified atom stereocenters. The summed E-state index contributed by atoms with van der Waals surface area (Å²) in [6.07, 6.45) is 1.88. The maximum absolute atomic E-state index is 13.7. The number of amides is 1. The number of methoxy groups -OCH3 is 1. The zero-order valence-corrected chi connectivity index (χ0v) is 13.9. The largest absolute Gasteiger partial charge is 0.384 e. The third kappa shape index (κ3) is 4.66. The third-order valence-corrected chi connectivity index (χ3v) is 4.11. The molecule has 2 rings (SSSR count). The quantitative estimate of drug-likeness (QED) is 0.871. The first-order chi connectivity index (χ1) is 10.1. The lowest BCUT2D eigenvalue weighted by molar-refractivity contribution is 0.0511. The molecule has 1 fully saturated rings. The lowest BCUT2D eigenvalue weighted by Crippen LogP contribution is -2.47. The molecule has 0 spiro atoms. The number of benzene rings is 1. The summed E-state index contributed by atoms with van der Waals surface area (Å²) in [5.41, 5.74) is 0.919. The van der Waals surface area contributed by atoms with Gasteiger partial charge in [-0.1, -0.05) is 11.6 Å². The number of carbonyl (C=O) groups is 1. The van der Waals surface area contributed by atoms with Crippen molar-refractivity contribution in [3.8, 4) is 0 Å². The first kappa shape index (κ1) is 18.9. The van der Waals surface area contributed by atoms with Gasteiger partial charge < -0.3 is 15.4 Å². The van der Waals surface area contributed by atoms with Crippen molar-refractivity contribution in [2.75, 3.05) is 33.4 Å². The van der Waals surface area contributed by atoms with E-state index < -0.39 is 5.82 Å². The van der Waals surface area contributed by atoms with E-state index >= 15 is 0 Å². The molecule has 0 saturated carbocycles. The average molecular weight is 331 g/mol. The minimum Gasteiger partial charge on any atom is -0.384 e. The molecule has 1 aromatic rings. The second kappa shape index (κ2) is 8.46. The van der Waals surface area contributed by atoms with Gasteiger partial charge in [-0.05, 0) is 45.0 Å². The number of aryl methyl sites for hydroxylation is 1. The van der Waals surface area contributed by atoms with Crippen LogP contribution in [0.3, 0.4) is 0 Å². The minimum absolute atomic E-state index is 0. The van der Waals surface area contributed by atoms with Crippen LogP contribution in [0.15, 0.2) is 18.2 Å². The van der Waals surface area contributed by atoms with Gasteiger partial charge in [0.2, 0.25) is 0 Å². The van der Waals surface area contributed by atoms with Gasteiger partial charge >= 0.3 is 0 Å². The highest BCUT2D eigenvalue weighted by Gasteiger charge is 2.32. The van der Waals surface area contributed by atoms with Gasteiger partial charge in [0.25, 0.3) is 5.91 Å². The van der Waals surface area contributed by atoms with Gasteiger partial charge in [-0.3, -0.25) is 4.79 Å². The number of halogens is 2. The number of rotatable bonds is 5. The van der Waals surface area contributed by atoms with E-state index in [-0.39, 0.29) is 29.3 Å². The second-order valence-electron chi connectivity index (χ2n) is 5.85. The lowest BCUT2D eigenvalue weighted by atomic mass is 9.79. The topological polar surface area (TPSA) is 50.4 Å². The molecule has 1 aliphatic rings. The number of nitrogens with one attached hydrogen (secondary N) is 2. The molecule has 6 heteroatoms. The highest BCUT2D eigenvalue weighted by molar-refractivity contribution is 5.94. The summed E-state index contributed by atoms with van der Waals surface area (Å²) in [4.78, 5) is 12.2. The monoisotopic (exact) mass is 330 g/mol. The van der Waals surface area contributed by atoms with Crippen molar-refractivity contribution < 1.29 is 13.9 Å². The van der Waals surface area contributed by atoms with Gasteiger partial charge in [0, 0.05) is 19.1 Å². The van der Waals surface area contributed by atoms with Crippen molar-refractivity contribution >= 4 is 18.3 Å². The lowest BCUT2D eigenvalue weighted by Gasteiger charge is -2.37. The SMILES string of the molecule is COCC1(CNC(=O)c2cc(C)ccc2F)CCNCC1.Cl. The van der Waals surface area contributed by atoms with E-state index in [1.54, 1.807) is 19.2 Å². The maximum Gasteiger partial charge on any atom is 0.254 e. The molecule has 1 aromatic carbocycles. The first-order valence-electron chi connectivity index (χ1n) is 7.30. The van der Waals surface area contributed by atoms with Crippen molar-refractivity contribution in [2.45, 2.75) is 19.8 Å². The number of piperidine rings is 1. The first-order valence-corrected chi connectivity index (χ1v) is 7.30. The highest BCUT2D eigenvalue weighted by Crippen LogP contribution is 2.28. The Balaban J connectivity index is 0.00000242. The van der Waals surface area contributed by atoms with Crippen molar-refractivity contribution in [1.82, 2.24) is 10.6 Å². The van der Waals surface area contributed by atoms with Crippen LogP contribution in [0.5, 0.6) is 0 Å². The highest BCUT2D eigenvalue weighted by atomic mass is 35.5. The van der Waals surface area contributed by atoms with Gasteiger partial charge in [-0.2, -0.15) is 0 Å². The van der Waals surface area contributed by atoms with Crippen LogP contribution < -0.4 is 10.6 Å². The molecule has 0 atom stereocenters. The molecule has 124 valence electrons. The second-order valence-corrected chi connectivity index (χ2v) is 5.85. The van der Waals surface area contributed by atoms with Crippen LogP contribution in [-0.2, 0) is 4.74 Å². The molecular formula is C16H24ClFN2O2. The third-order valence-electron chi connectivity index (χ3n) is 4.11. The molecule has 2 N–H and O–H groups in total.